The van der Waals surface area contributed by atoms with Crippen molar-refractivity contribution in [3.63, 3.8) is 0 Å². The molecule has 0 aliphatic heterocycles. The van der Waals surface area contributed by atoms with Gasteiger partial charge in [-0.2, -0.15) is 0 Å². The molecule has 2 unspecified atom stereocenters. The first-order chi connectivity index (χ1) is 8.48. The van der Waals surface area contributed by atoms with E-state index in [0.717, 1.165) is 11.3 Å². The van der Waals surface area contributed by atoms with Crippen LogP contribution in [0.1, 0.15) is 37.1 Å². The van der Waals surface area contributed by atoms with E-state index in [2.05, 4.69) is 5.32 Å². The number of halogens is 3. The van der Waals surface area contributed by atoms with Crippen LogP contribution in [0.5, 0.6) is 0 Å². The van der Waals surface area contributed by atoms with Gasteiger partial charge in [0.05, 0.1) is 5.38 Å². The molecule has 0 radical (unpaired) electrons. The molecule has 18 heavy (non-hydrogen) atoms. The second-order valence-corrected chi connectivity index (χ2v) is 5.70. The van der Waals surface area contributed by atoms with Crippen LogP contribution in [-0.4, -0.2) is 12.5 Å². The Morgan fingerprint density at radius 1 is 1.44 bits per heavy atom. The Balaban J connectivity index is 1.95. The van der Waals surface area contributed by atoms with Gasteiger partial charge in [-0.3, -0.25) is 0 Å². The highest BCUT2D eigenvalue weighted by Crippen LogP contribution is 2.39. The van der Waals surface area contributed by atoms with E-state index in [0.29, 0.717) is 13.0 Å². The summed E-state index contributed by atoms with van der Waals surface area (Å²) in [5.74, 6) is -2.41. The Hall–Kier alpha value is -0.830. The molecule has 4 heteroatoms. The number of hydrogen-bond donors (Lipinski definition) is 1. The summed E-state index contributed by atoms with van der Waals surface area (Å²) in [5.41, 5.74) is 1.97. The van der Waals surface area contributed by atoms with Gasteiger partial charge in [0, 0.05) is 25.1 Å². The number of anilines is 1. The lowest BCUT2D eigenvalue weighted by Crippen LogP contribution is -2.16. The predicted molar refractivity (Wildman–Crippen MR) is 71.5 cm³/mol. The number of alkyl halides is 3. The van der Waals surface area contributed by atoms with E-state index in [1.54, 1.807) is 0 Å². The molecule has 0 saturated heterocycles. The lowest BCUT2D eigenvalue weighted by atomic mass is 10.1. The van der Waals surface area contributed by atoms with Crippen molar-refractivity contribution in [2.24, 2.45) is 5.92 Å². The van der Waals surface area contributed by atoms with Crippen molar-refractivity contribution in [3.8, 4) is 0 Å². The molecule has 1 nitrogen and oxygen atoms in total. The number of para-hydroxylation sites is 1. The topological polar surface area (TPSA) is 12.0 Å². The van der Waals surface area contributed by atoms with Gasteiger partial charge in [0.15, 0.2) is 0 Å². The van der Waals surface area contributed by atoms with Crippen LogP contribution in [0.3, 0.4) is 0 Å². The summed E-state index contributed by atoms with van der Waals surface area (Å²) in [6.07, 6.45) is 0.615. The van der Waals surface area contributed by atoms with Crippen molar-refractivity contribution in [2.45, 2.75) is 37.5 Å². The highest BCUT2D eigenvalue weighted by molar-refractivity contribution is 6.21. The average molecular weight is 274 g/mol. The zero-order chi connectivity index (χ0) is 13.2. The third kappa shape index (κ3) is 3.35. The zero-order valence-electron chi connectivity index (χ0n) is 10.4. The Labute approximate surface area is 112 Å². The first kappa shape index (κ1) is 13.6. The van der Waals surface area contributed by atoms with Crippen molar-refractivity contribution >= 4 is 17.3 Å². The lowest BCUT2D eigenvalue weighted by Gasteiger charge is -2.16. The summed E-state index contributed by atoms with van der Waals surface area (Å²) >= 11 is 6.09. The first-order valence-corrected chi connectivity index (χ1v) is 6.76. The molecule has 0 spiro atoms. The van der Waals surface area contributed by atoms with Gasteiger partial charge in [0.2, 0.25) is 5.92 Å². The van der Waals surface area contributed by atoms with Gasteiger partial charge in [0.1, 0.15) is 0 Å². The van der Waals surface area contributed by atoms with Gasteiger partial charge in [-0.15, -0.1) is 11.6 Å². The standard InChI is InChI=1S/C14H18ClF2N/c1-10(15)12-4-2-3-5-13(12)18-9-11-6-7-14(16,17)8-11/h2-5,10-11,18H,6-9H2,1H3. The van der Waals surface area contributed by atoms with E-state index in [9.17, 15) is 8.78 Å². The molecule has 1 saturated carbocycles. The summed E-state index contributed by atoms with van der Waals surface area (Å²) in [6, 6.07) is 7.77. The molecule has 1 aromatic carbocycles. The van der Waals surface area contributed by atoms with Gasteiger partial charge >= 0.3 is 0 Å². The third-order valence-electron chi connectivity index (χ3n) is 3.48. The average Bonchev–Trinajstić information content (AvgIpc) is 2.66. The Morgan fingerprint density at radius 2 is 2.17 bits per heavy atom. The van der Waals surface area contributed by atoms with Gasteiger partial charge in [0.25, 0.3) is 0 Å². The SMILES string of the molecule is CC(Cl)c1ccccc1NCC1CCC(F)(F)C1. The fourth-order valence-corrected chi connectivity index (χ4v) is 2.67. The van der Waals surface area contributed by atoms with Crippen LogP contribution >= 0.6 is 11.6 Å². The first-order valence-electron chi connectivity index (χ1n) is 6.32. The largest absolute Gasteiger partial charge is 0.384 e. The van der Waals surface area contributed by atoms with Gasteiger partial charge in [-0.1, -0.05) is 18.2 Å². The van der Waals surface area contributed by atoms with E-state index in [1.165, 1.54) is 0 Å². The van der Waals surface area contributed by atoms with Crippen LogP contribution in [0.2, 0.25) is 0 Å². The zero-order valence-corrected chi connectivity index (χ0v) is 11.2. The molecule has 2 atom stereocenters. The minimum absolute atomic E-state index is 0.00139. The number of rotatable bonds is 4. The summed E-state index contributed by atoms with van der Waals surface area (Å²) in [4.78, 5) is 0. The van der Waals surface area contributed by atoms with Gasteiger partial charge in [-0.25, -0.2) is 8.78 Å². The molecular weight excluding hydrogens is 256 g/mol. The van der Waals surface area contributed by atoms with Crippen molar-refractivity contribution in [3.05, 3.63) is 29.8 Å². The van der Waals surface area contributed by atoms with Gasteiger partial charge < -0.3 is 5.32 Å². The number of benzene rings is 1. The van der Waals surface area contributed by atoms with Crippen molar-refractivity contribution in [2.75, 3.05) is 11.9 Å². The van der Waals surface area contributed by atoms with E-state index < -0.39 is 5.92 Å². The Morgan fingerprint density at radius 3 is 2.78 bits per heavy atom. The molecule has 0 bridgehead atoms. The van der Waals surface area contributed by atoms with Crippen LogP contribution in [-0.2, 0) is 0 Å². The van der Waals surface area contributed by atoms with E-state index in [1.807, 2.05) is 31.2 Å². The summed E-state index contributed by atoms with van der Waals surface area (Å²) in [6.45, 7) is 2.50. The Bertz CT molecular complexity index is 407. The fraction of sp³-hybridized carbons (Fsp3) is 0.571. The smallest absolute Gasteiger partial charge is 0.248 e. The van der Waals surface area contributed by atoms with Crippen LogP contribution in [0.25, 0.3) is 0 Å². The predicted octanol–water partition coefficient (Wildman–Crippen LogP) is 4.83. The van der Waals surface area contributed by atoms with Crippen molar-refractivity contribution in [1.29, 1.82) is 0 Å². The fourth-order valence-electron chi connectivity index (χ4n) is 2.48. The molecule has 1 aromatic rings. The summed E-state index contributed by atoms with van der Waals surface area (Å²) in [5, 5.41) is 3.17. The molecule has 1 N–H and O–H groups in total. The minimum Gasteiger partial charge on any atom is -0.384 e. The van der Waals surface area contributed by atoms with Crippen LogP contribution < -0.4 is 5.32 Å². The Kier molecular flexibility index (Phi) is 4.10. The quantitative estimate of drug-likeness (QED) is 0.775. The maximum atomic E-state index is 13.1. The molecule has 0 amide bonds. The van der Waals surface area contributed by atoms with Crippen LogP contribution in [0.4, 0.5) is 14.5 Å². The molecule has 0 aromatic heterocycles. The molecule has 1 aliphatic rings. The van der Waals surface area contributed by atoms with E-state index in [4.69, 9.17) is 11.6 Å². The maximum absolute atomic E-state index is 13.1. The molecular formula is C14H18ClF2N. The second-order valence-electron chi connectivity index (χ2n) is 5.05. The summed E-state index contributed by atoms with van der Waals surface area (Å²) < 4.78 is 26.2. The monoisotopic (exact) mass is 273 g/mol. The van der Waals surface area contributed by atoms with Crippen LogP contribution in [0, 0.1) is 5.92 Å². The number of nitrogens with one attached hydrogen (secondary N) is 1. The molecule has 0 heterocycles. The third-order valence-corrected chi connectivity index (χ3v) is 3.71. The highest BCUT2D eigenvalue weighted by Gasteiger charge is 2.39. The second kappa shape index (κ2) is 5.43. The number of hydrogen-bond acceptors (Lipinski definition) is 1. The molecule has 2 rings (SSSR count). The molecule has 100 valence electrons. The van der Waals surface area contributed by atoms with E-state index >= 15 is 0 Å². The summed E-state index contributed by atoms with van der Waals surface area (Å²) in [7, 11) is 0. The van der Waals surface area contributed by atoms with E-state index in [-0.39, 0.29) is 24.1 Å². The van der Waals surface area contributed by atoms with Crippen LogP contribution in [0.15, 0.2) is 24.3 Å². The van der Waals surface area contributed by atoms with Gasteiger partial charge in [-0.05, 0) is 30.9 Å². The van der Waals surface area contributed by atoms with Crippen molar-refractivity contribution in [1.82, 2.24) is 0 Å². The highest BCUT2D eigenvalue weighted by atomic mass is 35.5. The minimum atomic E-state index is -2.47. The molecule has 1 aliphatic carbocycles. The molecule has 1 fully saturated rings. The van der Waals surface area contributed by atoms with Crippen molar-refractivity contribution < 1.29 is 8.78 Å². The normalized spacial score (nSPS) is 23.9. The lowest BCUT2D eigenvalue weighted by molar-refractivity contribution is 0.00556. The maximum Gasteiger partial charge on any atom is 0.248 e.